The minimum absolute atomic E-state index is 0.248. The van der Waals surface area contributed by atoms with Gasteiger partial charge in [0.25, 0.3) is 0 Å². The van der Waals surface area contributed by atoms with Crippen molar-refractivity contribution in [2.45, 2.75) is 50.1 Å². The summed E-state index contributed by atoms with van der Waals surface area (Å²) >= 11 is 0. The zero-order chi connectivity index (χ0) is 17.3. The van der Waals surface area contributed by atoms with Crippen molar-refractivity contribution in [2.75, 3.05) is 18.4 Å². The first-order valence-electron chi connectivity index (χ1n) is 8.69. The summed E-state index contributed by atoms with van der Waals surface area (Å²) in [5.41, 5.74) is 4.58. The van der Waals surface area contributed by atoms with Crippen molar-refractivity contribution in [1.29, 1.82) is 0 Å². The summed E-state index contributed by atoms with van der Waals surface area (Å²) in [7, 11) is -1.09. The van der Waals surface area contributed by atoms with E-state index in [1.807, 2.05) is 18.2 Å². The van der Waals surface area contributed by atoms with Crippen LogP contribution in [0.2, 0.25) is 0 Å². The van der Waals surface area contributed by atoms with Crippen molar-refractivity contribution in [3.05, 3.63) is 53.1 Å². The third kappa shape index (κ3) is 3.01. The van der Waals surface area contributed by atoms with Crippen LogP contribution in [0.4, 0.5) is 5.69 Å². The number of fused-ring (bicyclic) bond motifs is 2. The second-order valence-electron chi connectivity index (χ2n) is 6.33. The lowest BCUT2D eigenvalue weighted by atomic mass is 10.00. The first kappa shape index (κ1) is 17.2. The highest BCUT2D eigenvalue weighted by molar-refractivity contribution is 7.85. The highest BCUT2D eigenvalue weighted by Crippen LogP contribution is 2.37. The molecule has 3 rings (SSSR count). The van der Waals surface area contributed by atoms with E-state index in [4.69, 9.17) is 0 Å². The molecule has 0 saturated heterocycles. The van der Waals surface area contributed by atoms with Crippen molar-refractivity contribution in [2.24, 2.45) is 0 Å². The van der Waals surface area contributed by atoms with E-state index >= 15 is 0 Å². The quantitative estimate of drug-likeness (QED) is 0.707. The molecule has 2 aromatic rings. The molecule has 0 aromatic heterocycles. The van der Waals surface area contributed by atoms with E-state index < -0.39 is 10.8 Å². The molecule has 2 aromatic carbocycles. The topological polar surface area (TPSA) is 32.3 Å². The van der Waals surface area contributed by atoms with E-state index in [0.29, 0.717) is 0 Å². The standard InChI is InChI=1S/C20H26N2OS/c1-5-22(6-2)15(4)21-18-12-11-14(3)20-17(18)13-16-9-7-8-10-19(16)24(20)23/h7-12,15,21H,5-6,13H2,1-4H3. The van der Waals surface area contributed by atoms with Gasteiger partial charge in [0.2, 0.25) is 0 Å². The molecule has 24 heavy (non-hydrogen) atoms. The first-order chi connectivity index (χ1) is 11.6. The summed E-state index contributed by atoms with van der Waals surface area (Å²) in [4.78, 5) is 4.33. The Bertz CT molecular complexity index is 768. The highest BCUT2D eigenvalue weighted by atomic mass is 32.2. The summed E-state index contributed by atoms with van der Waals surface area (Å²) in [5, 5.41) is 3.64. The summed E-state index contributed by atoms with van der Waals surface area (Å²) in [5.74, 6) is 0. The molecule has 0 radical (unpaired) electrons. The van der Waals surface area contributed by atoms with Gasteiger partial charge in [-0.1, -0.05) is 38.1 Å². The number of nitrogens with zero attached hydrogens (tertiary/aromatic N) is 1. The average Bonchev–Trinajstić information content (AvgIpc) is 2.58. The fourth-order valence-electron chi connectivity index (χ4n) is 3.53. The fourth-order valence-corrected chi connectivity index (χ4v) is 5.10. The SMILES string of the molecule is CCN(CC)C(C)Nc1ccc(C)c2c1Cc1ccccc1S2=O. The summed E-state index contributed by atoms with van der Waals surface area (Å²) < 4.78 is 13.1. The van der Waals surface area contributed by atoms with Crippen LogP contribution in [-0.4, -0.2) is 28.4 Å². The molecule has 4 heteroatoms. The minimum Gasteiger partial charge on any atom is -0.370 e. The number of aryl methyl sites for hydroxylation is 1. The van der Waals surface area contributed by atoms with Gasteiger partial charge >= 0.3 is 0 Å². The average molecular weight is 343 g/mol. The lowest BCUT2D eigenvalue weighted by Gasteiger charge is -2.30. The molecule has 1 aliphatic heterocycles. The smallest absolute Gasteiger partial charge is 0.0858 e. The molecule has 1 heterocycles. The Kier molecular flexibility index (Phi) is 5.07. The van der Waals surface area contributed by atoms with E-state index in [-0.39, 0.29) is 6.17 Å². The largest absolute Gasteiger partial charge is 0.370 e. The number of nitrogens with one attached hydrogen (secondary N) is 1. The highest BCUT2D eigenvalue weighted by Gasteiger charge is 2.26. The van der Waals surface area contributed by atoms with Crippen LogP contribution in [-0.2, 0) is 17.2 Å². The molecule has 2 atom stereocenters. The van der Waals surface area contributed by atoms with Crippen LogP contribution in [0.15, 0.2) is 46.2 Å². The van der Waals surface area contributed by atoms with Gasteiger partial charge in [0, 0.05) is 17.0 Å². The van der Waals surface area contributed by atoms with Gasteiger partial charge in [-0.2, -0.15) is 0 Å². The lowest BCUT2D eigenvalue weighted by molar-refractivity contribution is 0.253. The minimum atomic E-state index is -1.09. The molecular weight excluding hydrogens is 316 g/mol. The zero-order valence-electron chi connectivity index (χ0n) is 14.9. The fraction of sp³-hybridized carbons (Fsp3) is 0.400. The number of anilines is 1. The van der Waals surface area contributed by atoms with Gasteiger partial charge in [0.15, 0.2) is 0 Å². The molecule has 128 valence electrons. The Hall–Kier alpha value is -1.65. The predicted molar refractivity (Wildman–Crippen MR) is 101 cm³/mol. The van der Waals surface area contributed by atoms with Gasteiger partial charge in [0.1, 0.15) is 0 Å². The molecule has 0 fully saturated rings. The molecule has 0 spiro atoms. The van der Waals surface area contributed by atoms with Crippen LogP contribution >= 0.6 is 0 Å². The van der Waals surface area contributed by atoms with E-state index in [9.17, 15) is 4.21 Å². The van der Waals surface area contributed by atoms with Crippen LogP contribution in [0.3, 0.4) is 0 Å². The second-order valence-corrected chi connectivity index (χ2v) is 7.72. The van der Waals surface area contributed by atoms with Gasteiger partial charge < -0.3 is 5.32 Å². The van der Waals surface area contributed by atoms with Crippen LogP contribution in [0.1, 0.15) is 37.5 Å². The maximum atomic E-state index is 13.1. The maximum Gasteiger partial charge on any atom is 0.0858 e. The van der Waals surface area contributed by atoms with Gasteiger partial charge in [-0.25, -0.2) is 4.21 Å². The van der Waals surface area contributed by atoms with Crippen LogP contribution in [0.5, 0.6) is 0 Å². The normalized spacial score (nSPS) is 17.3. The number of rotatable bonds is 5. The molecule has 1 N–H and O–H groups in total. The van der Waals surface area contributed by atoms with Crippen molar-refractivity contribution < 1.29 is 4.21 Å². The molecule has 3 nitrogen and oxygen atoms in total. The van der Waals surface area contributed by atoms with E-state index in [2.05, 4.69) is 56.1 Å². The Morgan fingerprint density at radius 2 is 1.88 bits per heavy atom. The van der Waals surface area contributed by atoms with Gasteiger partial charge in [0.05, 0.1) is 21.9 Å². The lowest BCUT2D eigenvalue weighted by Crippen LogP contribution is -2.38. The van der Waals surface area contributed by atoms with Crippen molar-refractivity contribution in [3.8, 4) is 0 Å². The summed E-state index contributed by atoms with van der Waals surface area (Å²) in [6.07, 6.45) is 1.09. The van der Waals surface area contributed by atoms with Crippen molar-refractivity contribution in [1.82, 2.24) is 4.90 Å². The summed E-state index contributed by atoms with van der Waals surface area (Å²) in [6, 6.07) is 12.3. The van der Waals surface area contributed by atoms with Crippen LogP contribution in [0.25, 0.3) is 0 Å². The van der Waals surface area contributed by atoms with Crippen LogP contribution < -0.4 is 5.32 Å². The monoisotopic (exact) mass is 342 g/mol. The number of hydrogen-bond donors (Lipinski definition) is 1. The number of benzene rings is 2. The third-order valence-corrected chi connectivity index (χ3v) is 6.64. The third-order valence-electron chi connectivity index (χ3n) is 4.91. The second kappa shape index (κ2) is 7.08. The maximum absolute atomic E-state index is 13.1. The van der Waals surface area contributed by atoms with Crippen molar-refractivity contribution in [3.63, 3.8) is 0 Å². The molecule has 0 bridgehead atoms. The van der Waals surface area contributed by atoms with E-state index in [1.54, 1.807) is 0 Å². The predicted octanol–water partition coefficient (Wildman–Crippen LogP) is 4.17. The van der Waals surface area contributed by atoms with Gasteiger partial charge in [-0.05, 0) is 55.8 Å². The Morgan fingerprint density at radius 1 is 1.17 bits per heavy atom. The summed E-state index contributed by atoms with van der Waals surface area (Å²) in [6.45, 7) is 10.6. The van der Waals surface area contributed by atoms with Crippen LogP contribution in [0, 0.1) is 6.92 Å². The Morgan fingerprint density at radius 3 is 2.58 bits per heavy atom. The van der Waals surface area contributed by atoms with E-state index in [1.165, 1.54) is 11.1 Å². The molecular formula is C20H26N2OS. The zero-order valence-corrected chi connectivity index (χ0v) is 15.7. The Balaban J connectivity index is 2.01. The van der Waals surface area contributed by atoms with E-state index in [0.717, 1.165) is 40.6 Å². The van der Waals surface area contributed by atoms with Gasteiger partial charge in [-0.3, -0.25) is 4.90 Å². The Labute approximate surface area is 147 Å². The molecule has 0 saturated carbocycles. The van der Waals surface area contributed by atoms with Crippen molar-refractivity contribution >= 4 is 16.5 Å². The number of hydrogen-bond acceptors (Lipinski definition) is 3. The first-order valence-corrected chi connectivity index (χ1v) is 9.84. The molecule has 1 aliphatic rings. The molecule has 2 unspecified atom stereocenters. The molecule has 0 aliphatic carbocycles. The molecule has 0 amide bonds. The van der Waals surface area contributed by atoms with Gasteiger partial charge in [-0.15, -0.1) is 0 Å².